The van der Waals surface area contributed by atoms with Crippen LogP contribution in [0.1, 0.15) is 0 Å². The summed E-state index contributed by atoms with van der Waals surface area (Å²) in [6, 6.07) is 0. The van der Waals surface area contributed by atoms with Crippen molar-refractivity contribution in [3.63, 3.8) is 0 Å². The minimum Gasteiger partial charge on any atom is -0.394 e. The summed E-state index contributed by atoms with van der Waals surface area (Å²) in [6.45, 7) is -3.54. The fourth-order valence-corrected chi connectivity index (χ4v) is 2.13. The summed E-state index contributed by atoms with van der Waals surface area (Å²) >= 11 is 0. The van der Waals surface area contributed by atoms with Crippen molar-refractivity contribution in [2.24, 2.45) is 0 Å². The van der Waals surface area contributed by atoms with Gasteiger partial charge in [0.15, 0.2) is 12.6 Å². The Labute approximate surface area is 170 Å². The van der Waals surface area contributed by atoms with Crippen LogP contribution >= 0.6 is 0 Å². The fourth-order valence-electron chi connectivity index (χ4n) is 2.13. The largest absolute Gasteiger partial charge is 0.394 e. The number of hydrogen-bond donors (Lipinski definition) is 13. The molecule has 0 saturated heterocycles. The highest BCUT2D eigenvalue weighted by Gasteiger charge is 2.37. The Bertz CT molecular complexity index is 442. The van der Waals surface area contributed by atoms with Crippen molar-refractivity contribution in [2.75, 3.05) is 26.4 Å². The topological polar surface area (TPSA) is 281 Å². The molecule has 0 aromatic heterocycles. The second kappa shape index (κ2) is 14.5. The third-order valence-electron chi connectivity index (χ3n) is 4.13. The van der Waals surface area contributed by atoms with Crippen molar-refractivity contribution in [3.8, 4) is 0 Å². The Kier molecular flexibility index (Phi) is 14.2. The molecule has 0 radical (unpaired) electrons. The van der Waals surface area contributed by atoms with Gasteiger partial charge >= 0.3 is 0 Å². The summed E-state index contributed by atoms with van der Waals surface area (Å²) in [5.41, 5.74) is 0. The lowest BCUT2D eigenvalue weighted by Gasteiger charge is -2.31. The smallest absolute Gasteiger partial charge is 0.184 e. The van der Waals surface area contributed by atoms with Crippen LogP contribution in [0.4, 0.5) is 0 Å². The maximum Gasteiger partial charge on any atom is 0.184 e. The third kappa shape index (κ3) is 8.87. The molecule has 0 rings (SSSR count). The Balaban J connectivity index is 4.71. The van der Waals surface area contributed by atoms with E-state index in [4.69, 9.17) is 19.7 Å². The van der Waals surface area contributed by atoms with Gasteiger partial charge in [0.25, 0.3) is 0 Å². The molecular formula is C15H32O15. The van der Waals surface area contributed by atoms with Gasteiger partial charge in [0.1, 0.15) is 54.9 Å². The molecule has 0 spiro atoms. The molecule has 0 aromatic carbocycles. The Morgan fingerprint density at radius 2 is 0.867 bits per heavy atom. The number of rotatable bonds is 16. The van der Waals surface area contributed by atoms with Crippen LogP contribution < -0.4 is 0 Å². The summed E-state index contributed by atoms with van der Waals surface area (Å²) in [5, 5.41) is 122. The van der Waals surface area contributed by atoms with Crippen molar-refractivity contribution in [1.29, 1.82) is 0 Å². The van der Waals surface area contributed by atoms with E-state index in [2.05, 4.69) is 0 Å². The minimum absolute atomic E-state index is 0.762. The van der Waals surface area contributed by atoms with Crippen molar-refractivity contribution >= 4 is 0 Å². The number of aliphatic hydroxyl groups excluding tert-OH is 13. The summed E-state index contributed by atoms with van der Waals surface area (Å²) < 4.78 is 9.49. The second-order valence-electron chi connectivity index (χ2n) is 6.50. The second-order valence-corrected chi connectivity index (χ2v) is 6.50. The molecular weight excluding hydrogens is 420 g/mol. The summed E-state index contributed by atoms with van der Waals surface area (Å²) in [5.74, 6) is 0. The molecule has 11 atom stereocenters. The van der Waals surface area contributed by atoms with Gasteiger partial charge in [-0.15, -0.1) is 0 Å². The first kappa shape index (κ1) is 29.4. The van der Waals surface area contributed by atoms with E-state index in [0.717, 1.165) is 0 Å². The normalized spacial score (nSPS) is 23.5. The van der Waals surface area contributed by atoms with Gasteiger partial charge in [-0.05, 0) is 0 Å². The third-order valence-corrected chi connectivity index (χ3v) is 4.13. The van der Waals surface area contributed by atoms with Gasteiger partial charge < -0.3 is 75.9 Å². The molecule has 0 bridgehead atoms. The first-order chi connectivity index (χ1) is 13.9. The average molecular weight is 452 g/mol. The van der Waals surface area contributed by atoms with Gasteiger partial charge in [0.2, 0.25) is 0 Å². The maximum atomic E-state index is 9.73. The van der Waals surface area contributed by atoms with Gasteiger partial charge in [0, 0.05) is 0 Å². The molecule has 30 heavy (non-hydrogen) atoms. The van der Waals surface area contributed by atoms with Gasteiger partial charge in [-0.3, -0.25) is 0 Å². The first-order valence-corrected chi connectivity index (χ1v) is 8.83. The molecule has 13 N–H and O–H groups in total. The lowest BCUT2D eigenvalue weighted by atomic mass is 10.0. The van der Waals surface area contributed by atoms with E-state index < -0.39 is 93.9 Å². The van der Waals surface area contributed by atoms with E-state index in [-0.39, 0.29) is 0 Å². The average Bonchev–Trinajstić information content (AvgIpc) is 2.76. The molecule has 3 unspecified atom stereocenters. The Hall–Kier alpha value is -0.600. The van der Waals surface area contributed by atoms with E-state index in [1.54, 1.807) is 0 Å². The van der Waals surface area contributed by atoms with Gasteiger partial charge in [0.05, 0.1) is 26.4 Å². The zero-order chi connectivity index (χ0) is 23.6. The van der Waals surface area contributed by atoms with E-state index in [1.165, 1.54) is 0 Å². The monoisotopic (exact) mass is 452 g/mol. The molecule has 0 heterocycles. The molecule has 0 aliphatic rings. The van der Waals surface area contributed by atoms with Crippen molar-refractivity contribution in [2.45, 2.75) is 67.5 Å². The zero-order valence-corrected chi connectivity index (χ0v) is 15.8. The van der Waals surface area contributed by atoms with E-state index >= 15 is 0 Å². The lowest BCUT2D eigenvalue weighted by molar-refractivity contribution is -0.256. The predicted molar refractivity (Wildman–Crippen MR) is 92.2 cm³/mol. The Morgan fingerprint density at radius 1 is 0.467 bits per heavy atom. The fraction of sp³-hybridized carbons (Fsp3) is 1.00. The molecule has 15 heteroatoms. The quantitative estimate of drug-likeness (QED) is 0.0968. The molecule has 15 nitrogen and oxygen atoms in total. The van der Waals surface area contributed by atoms with Crippen LogP contribution in [0.25, 0.3) is 0 Å². The summed E-state index contributed by atoms with van der Waals surface area (Å²) in [7, 11) is 0. The maximum absolute atomic E-state index is 9.73. The highest BCUT2D eigenvalue weighted by molar-refractivity contribution is 4.83. The van der Waals surface area contributed by atoms with Crippen LogP contribution in [0.2, 0.25) is 0 Å². The molecule has 0 amide bonds. The van der Waals surface area contributed by atoms with Crippen LogP contribution in [0.3, 0.4) is 0 Å². The van der Waals surface area contributed by atoms with Crippen molar-refractivity contribution < 1.29 is 75.9 Å². The molecule has 0 fully saturated rings. The number of aliphatic hydroxyl groups is 13. The zero-order valence-electron chi connectivity index (χ0n) is 15.8. The molecule has 182 valence electrons. The van der Waals surface area contributed by atoms with Crippen LogP contribution in [-0.2, 0) is 9.47 Å². The van der Waals surface area contributed by atoms with Crippen molar-refractivity contribution in [3.05, 3.63) is 0 Å². The number of ether oxygens (including phenoxy) is 2. The predicted octanol–water partition coefficient (Wildman–Crippen LogP) is -8.11. The van der Waals surface area contributed by atoms with E-state index in [1.807, 2.05) is 0 Å². The molecule has 0 aliphatic heterocycles. The van der Waals surface area contributed by atoms with Crippen LogP contribution in [0.15, 0.2) is 0 Å². The van der Waals surface area contributed by atoms with E-state index in [0.29, 0.717) is 0 Å². The minimum atomic E-state index is -2.24. The van der Waals surface area contributed by atoms with Gasteiger partial charge in [-0.1, -0.05) is 0 Å². The first-order valence-electron chi connectivity index (χ1n) is 8.83. The standard InChI is InChI=1S/C15H32O15/c16-1-5(30-15(28)13(26)11(24)9(22)7(20)3-18)4-29-14(27)12(25)10(23)8(21)6(19)2-17/h5-28H,1-4H2/t5?,6-,7-,8-,9-,10+,11+,12+,13-,14?,15?/m1/s1. The van der Waals surface area contributed by atoms with Crippen molar-refractivity contribution in [1.82, 2.24) is 0 Å². The van der Waals surface area contributed by atoms with Gasteiger partial charge in [-0.2, -0.15) is 0 Å². The van der Waals surface area contributed by atoms with Crippen LogP contribution in [0.5, 0.6) is 0 Å². The van der Waals surface area contributed by atoms with Crippen LogP contribution in [-0.4, -0.2) is 160 Å². The summed E-state index contributed by atoms with van der Waals surface area (Å²) in [6.07, 6.45) is -22.3. The Morgan fingerprint density at radius 3 is 1.23 bits per heavy atom. The van der Waals surface area contributed by atoms with Gasteiger partial charge in [-0.25, -0.2) is 0 Å². The van der Waals surface area contributed by atoms with E-state index in [9.17, 15) is 56.2 Å². The lowest BCUT2D eigenvalue weighted by Crippen LogP contribution is -2.52. The highest BCUT2D eigenvalue weighted by atomic mass is 16.7. The number of hydrogen-bond acceptors (Lipinski definition) is 15. The summed E-state index contributed by atoms with van der Waals surface area (Å²) in [4.78, 5) is 0. The molecule has 0 aliphatic carbocycles. The molecule has 0 saturated carbocycles. The molecule has 0 aromatic rings. The highest BCUT2D eigenvalue weighted by Crippen LogP contribution is 2.13. The van der Waals surface area contributed by atoms with Crippen LogP contribution in [0, 0.1) is 0 Å². The SMILES string of the molecule is OCC(COC(O)[C@@H](O)[C@@H](O)[C@H](O)[C@H](O)CO)OC(O)[C@H](O)[C@@H](O)[C@H](O)[C@H](O)CO.